The number of pyridine rings is 1. The first-order valence-corrected chi connectivity index (χ1v) is 10.9. The summed E-state index contributed by atoms with van der Waals surface area (Å²) in [6.07, 6.45) is 0.678. The topological polar surface area (TPSA) is 85.1 Å². The number of aryl methyl sites for hydroxylation is 1. The van der Waals surface area contributed by atoms with Crippen molar-refractivity contribution in [3.05, 3.63) is 69.4 Å². The lowest BCUT2D eigenvalue weighted by Gasteiger charge is -2.10. The first kappa shape index (κ1) is 19.3. The molecule has 0 fully saturated rings. The fraction of sp³-hybridized carbons (Fsp3) is 0.136. The van der Waals surface area contributed by atoms with E-state index in [9.17, 15) is 9.59 Å². The van der Waals surface area contributed by atoms with Crippen molar-refractivity contribution in [2.24, 2.45) is 5.73 Å². The van der Waals surface area contributed by atoms with Gasteiger partial charge >= 0.3 is 0 Å². The van der Waals surface area contributed by atoms with Gasteiger partial charge in [-0.05, 0) is 42.5 Å². The van der Waals surface area contributed by atoms with Crippen molar-refractivity contribution in [3.63, 3.8) is 0 Å². The van der Waals surface area contributed by atoms with Crippen molar-refractivity contribution in [2.45, 2.75) is 20.3 Å². The van der Waals surface area contributed by atoms with Crippen LogP contribution in [0, 0.1) is 6.92 Å². The average Bonchev–Trinajstić information content (AvgIpc) is 3.34. The van der Waals surface area contributed by atoms with Gasteiger partial charge in [-0.3, -0.25) is 9.59 Å². The number of para-hydroxylation sites is 1. The molecule has 0 bridgehead atoms. The van der Waals surface area contributed by atoms with E-state index >= 15 is 0 Å². The van der Waals surface area contributed by atoms with Gasteiger partial charge in [-0.25, -0.2) is 4.98 Å². The number of amides is 2. The molecule has 29 heavy (non-hydrogen) atoms. The smallest absolute Gasteiger partial charge is 0.257 e. The van der Waals surface area contributed by atoms with Crippen LogP contribution in [0.4, 0.5) is 5.00 Å². The van der Waals surface area contributed by atoms with Crippen LogP contribution in [-0.4, -0.2) is 16.8 Å². The number of carbonyl (C=O) groups is 2. The fourth-order valence-electron chi connectivity index (χ4n) is 3.44. The molecule has 2 amide bonds. The Morgan fingerprint density at radius 1 is 1.17 bits per heavy atom. The number of aromatic nitrogens is 1. The van der Waals surface area contributed by atoms with Gasteiger partial charge in [0.1, 0.15) is 5.00 Å². The van der Waals surface area contributed by atoms with E-state index in [0.717, 1.165) is 31.9 Å². The Kier molecular flexibility index (Phi) is 5.17. The maximum atomic E-state index is 13.3. The van der Waals surface area contributed by atoms with E-state index < -0.39 is 5.91 Å². The second-order valence-electron chi connectivity index (χ2n) is 6.56. The Balaban J connectivity index is 1.81. The van der Waals surface area contributed by atoms with Crippen LogP contribution < -0.4 is 11.1 Å². The minimum Gasteiger partial charge on any atom is -0.365 e. The van der Waals surface area contributed by atoms with Crippen molar-refractivity contribution in [1.29, 1.82) is 0 Å². The standard InChI is InChI=1S/C22H19N3O2S2/c1-3-13-12(2)29-22(19(13)20(23)26)25-21(27)15-11-17(18-9-6-10-28-18)24-16-8-5-4-7-14(15)16/h4-11H,3H2,1-2H3,(H2,23,26)(H,25,27). The number of hydrogen-bond donors (Lipinski definition) is 2. The Morgan fingerprint density at radius 3 is 2.66 bits per heavy atom. The summed E-state index contributed by atoms with van der Waals surface area (Å²) in [7, 11) is 0. The molecule has 0 aliphatic carbocycles. The van der Waals surface area contributed by atoms with Gasteiger partial charge in [-0.2, -0.15) is 0 Å². The molecule has 0 unspecified atom stereocenters. The van der Waals surface area contributed by atoms with Crippen LogP contribution in [0.3, 0.4) is 0 Å². The number of nitrogens with zero attached hydrogens (tertiary/aromatic N) is 1. The predicted molar refractivity (Wildman–Crippen MR) is 120 cm³/mol. The van der Waals surface area contributed by atoms with E-state index in [-0.39, 0.29) is 5.91 Å². The molecular weight excluding hydrogens is 402 g/mol. The highest BCUT2D eigenvalue weighted by molar-refractivity contribution is 7.17. The van der Waals surface area contributed by atoms with E-state index in [0.29, 0.717) is 22.5 Å². The molecule has 3 heterocycles. The molecule has 0 radical (unpaired) electrons. The summed E-state index contributed by atoms with van der Waals surface area (Å²) in [6, 6.07) is 13.3. The van der Waals surface area contributed by atoms with Crippen molar-refractivity contribution >= 4 is 50.4 Å². The van der Waals surface area contributed by atoms with E-state index in [1.165, 1.54) is 11.3 Å². The third-order valence-corrected chi connectivity index (χ3v) is 6.73. The zero-order valence-electron chi connectivity index (χ0n) is 16.0. The largest absolute Gasteiger partial charge is 0.365 e. The van der Waals surface area contributed by atoms with Gasteiger partial charge in [0.2, 0.25) is 0 Å². The molecule has 0 aliphatic rings. The highest BCUT2D eigenvalue weighted by atomic mass is 32.1. The molecule has 7 heteroatoms. The van der Waals surface area contributed by atoms with Crippen LogP contribution in [0.5, 0.6) is 0 Å². The highest BCUT2D eigenvalue weighted by Gasteiger charge is 2.22. The third kappa shape index (κ3) is 3.54. The molecule has 3 aromatic heterocycles. The van der Waals surface area contributed by atoms with Crippen LogP contribution in [0.15, 0.2) is 47.8 Å². The molecule has 0 atom stereocenters. The molecule has 1 aromatic carbocycles. The SMILES string of the molecule is CCc1c(C)sc(NC(=O)c2cc(-c3cccs3)nc3ccccc23)c1C(N)=O. The van der Waals surface area contributed by atoms with Gasteiger partial charge in [-0.15, -0.1) is 22.7 Å². The quantitative estimate of drug-likeness (QED) is 0.462. The Labute approximate surface area is 176 Å². The highest BCUT2D eigenvalue weighted by Crippen LogP contribution is 2.34. The van der Waals surface area contributed by atoms with Gasteiger partial charge in [0.05, 0.1) is 27.2 Å². The van der Waals surface area contributed by atoms with Gasteiger partial charge in [0, 0.05) is 10.3 Å². The number of benzene rings is 1. The number of anilines is 1. The molecular formula is C22H19N3O2S2. The van der Waals surface area contributed by atoms with Crippen molar-refractivity contribution in [1.82, 2.24) is 4.98 Å². The number of hydrogen-bond acceptors (Lipinski definition) is 5. The minimum absolute atomic E-state index is 0.284. The maximum Gasteiger partial charge on any atom is 0.257 e. The molecule has 0 saturated heterocycles. The molecule has 146 valence electrons. The lowest BCUT2D eigenvalue weighted by atomic mass is 10.1. The monoisotopic (exact) mass is 421 g/mol. The number of carbonyl (C=O) groups excluding carboxylic acids is 2. The van der Waals surface area contributed by atoms with Crippen LogP contribution in [0.2, 0.25) is 0 Å². The number of thiophene rings is 2. The maximum absolute atomic E-state index is 13.3. The summed E-state index contributed by atoms with van der Waals surface area (Å²) < 4.78 is 0. The molecule has 4 aromatic rings. The lowest BCUT2D eigenvalue weighted by molar-refractivity contribution is 0.100. The zero-order valence-corrected chi connectivity index (χ0v) is 17.6. The molecule has 0 saturated carbocycles. The summed E-state index contributed by atoms with van der Waals surface area (Å²) in [4.78, 5) is 32.0. The average molecular weight is 422 g/mol. The molecule has 3 N–H and O–H groups in total. The normalized spacial score (nSPS) is 11.0. The lowest BCUT2D eigenvalue weighted by Crippen LogP contribution is -2.18. The summed E-state index contributed by atoms with van der Waals surface area (Å²) in [5.74, 6) is -0.812. The third-order valence-electron chi connectivity index (χ3n) is 4.77. The molecule has 0 spiro atoms. The van der Waals surface area contributed by atoms with Crippen molar-refractivity contribution < 1.29 is 9.59 Å². The van der Waals surface area contributed by atoms with Gasteiger partial charge in [-0.1, -0.05) is 31.2 Å². The Bertz CT molecular complexity index is 1230. The van der Waals surface area contributed by atoms with Gasteiger partial charge in [0.25, 0.3) is 11.8 Å². The summed E-state index contributed by atoms with van der Waals surface area (Å²) in [5, 5.41) is 6.16. The number of nitrogens with one attached hydrogen (secondary N) is 1. The molecule has 5 nitrogen and oxygen atoms in total. The van der Waals surface area contributed by atoms with Crippen molar-refractivity contribution in [3.8, 4) is 10.6 Å². The summed E-state index contributed by atoms with van der Waals surface area (Å²) in [6.45, 7) is 3.90. The van der Waals surface area contributed by atoms with Gasteiger partial charge in [0.15, 0.2) is 0 Å². The van der Waals surface area contributed by atoms with Crippen molar-refractivity contribution in [2.75, 3.05) is 5.32 Å². The van der Waals surface area contributed by atoms with Crippen LogP contribution >= 0.6 is 22.7 Å². The number of rotatable bonds is 5. The van der Waals surface area contributed by atoms with Crippen LogP contribution in [0.25, 0.3) is 21.5 Å². The predicted octanol–water partition coefficient (Wildman–Crippen LogP) is 5.25. The number of primary amides is 1. The van der Waals surface area contributed by atoms with E-state index in [1.807, 2.05) is 55.6 Å². The van der Waals surface area contributed by atoms with Crippen LogP contribution in [0.1, 0.15) is 38.1 Å². The van der Waals surface area contributed by atoms with E-state index in [1.54, 1.807) is 17.4 Å². The second-order valence-corrected chi connectivity index (χ2v) is 8.73. The minimum atomic E-state index is -0.527. The number of fused-ring (bicyclic) bond motifs is 1. The molecule has 0 aliphatic heterocycles. The van der Waals surface area contributed by atoms with Gasteiger partial charge < -0.3 is 11.1 Å². The van der Waals surface area contributed by atoms with Crippen LogP contribution in [-0.2, 0) is 6.42 Å². The second kappa shape index (κ2) is 7.77. The van der Waals surface area contributed by atoms with E-state index in [2.05, 4.69) is 5.32 Å². The van der Waals surface area contributed by atoms with E-state index in [4.69, 9.17) is 10.7 Å². The fourth-order valence-corrected chi connectivity index (χ4v) is 5.27. The zero-order chi connectivity index (χ0) is 20.5. The first-order valence-electron chi connectivity index (χ1n) is 9.16. The summed E-state index contributed by atoms with van der Waals surface area (Å²) >= 11 is 2.95. The first-order chi connectivity index (χ1) is 14.0. The summed E-state index contributed by atoms with van der Waals surface area (Å²) in [5.41, 5.74) is 8.90. The Morgan fingerprint density at radius 2 is 1.97 bits per heavy atom. The Hall–Kier alpha value is -3.03. The molecule has 4 rings (SSSR count). The number of nitrogens with two attached hydrogens (primary N) is 1.